The van der Waals surface area contributed by atoms with E-state index in [1.165, 1.54) is 24.3 Å². The van der Waals surface area contributed by atoms with Crippen LogP contribution in [-0.4, -0.2) is 27.5 Å². The number of amides is 1. The molecule has 156 valence electrons. The van der Waals surface area contributed by atoms with Gasteiger partial charge >= 0.3 is 0 Å². The van der Waals surface area contributed by atoms with E-state index in [4.69, 9.17) is 4.74 Å². The summed E-state index contributed by atoms with van der Waals surface area (Å²) in [6.45, 7) is 2.32. The summed E-state index contributed by atoms with van der Waals surface area (Å²) in [4.78, 5) is 12.0. The largest absolute Gasteiger partial charge is 0.484 e. The van der Waals surface area contributed by atoms with Crippen LogP contribution in [0.15, 0.2) is 83.8 Å². The fourth-order valence-corrected chi connectivity index (χ4v) is 3.80. The first-order valence-electron chi connectivity index (χ1n) is 9.55. The number of sulfonamides is 1. The number of nitrogens with one attached hydrogen (secondary N) is 2. The van der Waals surface area contributed by atoms with Crippen molar-refractivity contribution in [3.8, 4) is 5.75 Å². The van der Waals surface area contributed by atoms with Crippen LogP contribution in [0.2, 0.25) is 0 Å². The molecule has 3 aromatic rings. The number of benzene rings is 3. The van der Waals surface area contributed by atoms with Crippen molar-refractivity contribution in [3.63, 3.8) is 0 Å². The minimum Gasteiger partial charge on any atom is -0.484 e. The summed E-state index contributed by atoms with van der Waals surface area (Å²) < 4.78 is 32.9. The van der Waals surface area contributed by atoms with Crippen molar-refractivity contribution < 1.29 is 17.9 Å². The molecule has 0 spiro atoms. The summed E-state index contributed by atoms with van der Waals surface area (Å²) in [6.07, 6.45) is 0.743. The molecule has 7 heteroatoms. The van der Waals surface area contributed by atoms with E-state index < -0.39 is 10.0 Å². The Hall–Kier alpha value is -3.32. The highest BCUT2D eigenvalue weighted by atomic mass is 32.2. The van der Waals surface area contributed by atoms with Crippen molar-refractivity contribution in [2.24, 2.45) is 0 Å². The highest BCUT2D eigenvalue weighted by Crippen LogP contribution is 2.19. The van der Waals surface area contributed by atoms with Crippen LogP contribution >= 0.6 is 0 Å². The van der Waals surface area contributed by atoms with Crippen LogP contribution in [0.3, 0.4) is 0 Å². The van der Waals surface area contributed by atoms with E-state index in [0.29, 0.717) is 18.0 Å². The Balaban J connectivity index is 1.47. The smallest absolute Gasteiger partial charge is 0.261 e. The third-order valence-electron chi connectivity index (χ3n) is 4.39. The lowest BCUT2D eigenvalue weighted by atomic mass is 10.1. The summed E-state index contributed by atoms with van der Waals surface area (Å²) in [6, 6.07) is 22.9. The molecule has 3 rings (SSSR count). The second kappa shape index (κ2) is 9.93. The van der Waals surface area contributed by atoms with Crippen LogP contribution in [0.4, 0.5) is 5.69 Å². The van der Waals surface area contributed by atoms with Crippen molar-refractivity contribution in [2.45, 2.75) is 18.2 Å². The average molecular weight is 425 g/mol. The Morgan fingerprint density at radius 1 is 0.900 bits per heavy atom. The van der Waals surface area contributed by atoms with Gasteiger partial charge < -0.3 is 10.1 Å². The van der Waals surface area contributed by atoms with Crippen molar-refractivity contribution in [2.75, 3.05) is 17.9 Å². The minimum absolute atomic E-state index is 0.114. The number of aryl methyl sites for hydroxylation is 1. The Morgan fingerprint density at radius 2 is 1.57 bits per heavy atom. The topological polar surface area (TPSA) is 84.5 Å². The molecule has 0 heterocycles. The third-order valence-corrected chi connectivity index (χ3v) is 5.78. The maximum atomic E-state index is 12.5. The third kappa shape index (κ3) is 6.35. The molecule has 0 unspecified atom stereocenters. The summed E-state index contributed by atoms with van der Waals surface area (Å²) in [7, 11) is -3.70. The highest BCUT2D eigenvalue weighted by molar-refractivity contribution is 7.92. The molecule has 0 atom stereocenters. The molecule has 0 aliphatic carbocycles. The zero-order chi connectivity index (χ0) is 21.4. The Labute approximate surface area is 177 Å². The van der Waals surface area contributed by atoms with Gasteiger partial charge in [0.25, 0.3) is 15.9 Å². The predicted molar refractivity (Wildman–Crippen MR) is 117 cm³/mol. The monoisotopic (exact) mass is 424 g/mol. The minimum atomic E-state index is -3.70. The average Bonchev–Trinajstić information content (AvgIpc) is 2.75. The molecule has 0 aliphatic heterocycles. The summed E-state index contributed by atoms with van der Waals surface area (Å²) in [5.74, 6) is 0.186. The van der Waals surface area contributed by atoms with Gasteiger partial charge in [0.2, 0.25) is 0 Å². The lowest BCUT2D eigenvalue weighted by Gasteiger charge is -2.10. The van der Waals surface area contributed by atoms with Crippen molar-refractivity contribution in [1.29, 1.82) is 0 Å². The van der Waals surface area contributed by atoms with Gasteiger partial charge in [-0.05, 0) is 55.3 Å². The van der Waals surface area contributed by atoms with Crippen molar-refractivity contribution in [3.05, 3.63) is 90.0 Å². The second-order valence-electron chi connectivity index (χ2n) is 6.82. The molecular weight excluding hydrogens is 400 g/mol. The predicted octanol–water partition coefficient (Wildman–Crippen LogP) is 3.53. The molecule has 0 aromatic heterocycles. The van der Waals surface area contributed by atoms with Crippen LogP contribution in [0.25, 0.3) is 0 Å². The summed E-state index contributed by atoms with van der Waals surface area (Å²) >= 11 is 0. The maximum Gasteiger partial charge on any atom is 0.261 e. The van der Waals surface area contributed by atoms with Crippen LogP contribution in [0, 0.1) is 6.92 Å². The molecule has 0 aliphatic rings. The summed E-state index contributed by atoms with van der Waals surface area (Å²) in [5.41, 5.74) is 2.69. The SMILES string of the molecule is Cc1ccc(NS(=O)(=O)c2ccc(OCC(=O)NCCc3ccccc3)cc2)cc1. The van der Waals surface area contributed by atoms with Crippen LogP contribution in [-0.2, 0) is 21.2 Å². The molecule has 30 heavy (non-hydrogen) atoms. The first-order valence-corrected chi connectivity index (χ1v) is 11.0. The Bertz CT molecular complexity index is 1060. The molecule has 6 nitrogen and oxygen atoms in total. The lowest BCUT2D eigenvalue weighted by Crippen LogP contribution is -2.30. The highest BCUT2D eigenvalue weighted by Gasteiger charge is 2.14. The Kier molecular flexibility index (Phi) is 7.08. The number of hydrogen-bond acceptors (Lipinski definition) is 4. The van der Waals surface area contributed by atoms with Crippen LogP contribution < -0.4 is 14.8 Å². The molecular formula is C23H24N2O4S. The Morgan fingerprint density at radius 3 is 2.23 bits per heavy atom. The van der Waals surface area contributed by atoms with E-state index >= 15 is 0 Å². The van der Waals surface area contributed by atoms with Gasteiger partial charge in [0.15, 0.2) is 6.61 Å². The molecule has 0 radical (unpaired) electrons. The van der Waals surface area contributed by atoms with Gasteiger partial charge in [0.1, 0.15) is 5.75 Å². The molecule has 3 aromatic carbocycles. The maximum absolute atomic E-state index is 12.5. The standard InChI is InChI=1S/C23H24N2O4S/c1-18-7-9-20(10-8-18)25-30(27,28)22-13-11-21(12-14-22)29-17-23(26)24-16-15-19-5-3-2-4-6-19/h2-14,25H,15-17H2,1H3,(H,24,26). The molecule has 1 amide bonds. The quantitative estimate of drug-likeness (QED) is 0.550. The fraction of sp³-hybridized carbons (Fsp3) is 0.174. The van der Waals surface area contributed by atoms with Gasteiger partial charge in [-0.2, -0.15) is 0 Å². The molecule has 2 N–H and O–H groups in total. The first-order chi connectivity index (χ1) is 14.4. The number of carbonyl (C=O) groups excluding carboxylic acids is 1. The number of anilines is 1. The molecule has 0 saturated heterocycles. The van der Waals surface area contributed by atoms with E-state index in [1.807, 2.05) is 49.4 Å². The molecule has 0 fully saturated rings. The van der Waals surface area contributed by atoms with Gasteiger partial charge in [-0.25, -0.2) is 8.42 Å². The van der Waals surface area contributed by atoms with Crippen LogP contribution in [0.5, 0.6) is 5.75 Å². The first kappa shape index (κ1) is 21.4. The van der Waals surface area contributed by atoms with Gasteiger partial charge in [-0.15, -0.1) is 0 Å². The van der Waals surface area contributed by atoms with Crippen LogP contribution in [0.1, 0.15) is 11.1 Å². The van der Waals surface area contributed by atoms with E-state index in [2.05, 4.69) is 10.0 Å². The second-order valence-corrected chi connectivity index (χ2v) is 8.50. The lowest BCUT2D eigenvalue weighted by molar-refractivity contribution is -0.123. The van der Waals surface area contributed by atoms with Crippen molar-refractivity contribution >= 4 is 21.6 Å². The number of hydrogen-bond donors (Lipinski definition) is 2. The van der Waals surface area contributed by atoms with E-state index in [9.17, 15) is 13.2 Å². The number of ether oxygens (including phenoxy) is 1. The fourth-order valence-electron chi connectivity index (χ4n) is 2.74. The molecule has 0 saturated carbocycles. The zero-order valence-corrected chi connectivity index (χ0v) is 17.5. The van der Waals surface area contributed by atoms with Gasteiger partial charge in [0.05, 0.1) is 4.90 Å². The number of rotatable bonds is 9. The van der Waals surface area contributed by atoms with Gasteiger partial charge in [0, 0.05) is 12.2 Å². The summed E-state index contributed by atoms with van der Waals surface area (Å²) in [5, 5.41) is 2.80. The van der Waals surface area contributed by atoms with E-state index in [1.54, 1.807) is 12.1 Å². The molecule has 0 bridgehead atoms. The zero-order valence-electron chi connectivity index (χ0n) is 16.7. The van der Waals surface area contributed by atoms with Crippen molar-refractivity contribution in [1.82, 2.24) is 5.32 Å². The van der Waals surface area contributed by atoms with Gasteiger partial charge in [-0.1, -0.05) is 48.0 Å². The van der Waals surface area contributed by atoms with Gasteiger partial charge in [-0.3, -0.25) is 9.52 Å². The number of carbonyl (C=O) groups is 1. The van der Waals surface area contributed by atoms with E-state index in [-0.39, 0.29) is 17.4 Å². The van der Waals surface area contributed by atoms with E-state index in [0.717, 1.165) is 17.5 Å². The normalized spacial score (nSPS) is 11.0.